The molecule has 0 aliphatic rings. The number of benzene rings is 3. The lowest BCUT2D eigenvalue weighted by atomic mass is 10.1. The molecule has 0 bridgehead atoms. The van der Waals surface area contributed by atoms with E-state index in [0.29, 0.717) is 16.8 Å². The van der Waals surface area contributed by atoms with E-state index >= 15 is 0 Å². The molecule has 0 heterocycles. The fraction of sp³-hybridized carbons (Fsp3) is 0.148. The number of amides is 1. The van der Waals surface area contributed by atoms with Gasteiger partial charge in [0.1, 0.15) is 12.3 Å². The first-order valence-corrected chi connectivity index (χ1v) is 12.4. The summed E-state index contributed by atoms with van der Waals surface area (Å²) in [6.07, 6.45) is 0.0853. The molecule has 13 nitrogen and oxygen atoms in total. The minimum absolute atomic E-state index is 0.000889. The third-order valence-electron chi connectivity index (χ3n) is 5.73. The van der Waals surface area contributed by atoms with Gasteiger partial charge in [-0.1, -0.05) is 29.8 Å². The molecule has 0 aromatic heterocycles. The Morgan fingerprint density at radius 1 is 0.976 bits per heavy atom. The van der Waals surface area contributed by atoms with Crippen molar-refractivity contribution in [3.05, 3.63) is 94.0 Å². The molecule has 14 heteroatoms. The van der Waals surface area contributed by atoms with Crippen LogP contribution < -0.4 is 27.5 Å². The average molecular weight is 583 g/mol. The van der Waals surface area contributed by atoms with Gasteiger partial charge < -0.3 is 36.5 Å². The van der Waals surface area contributed by atoms with E-state index in [2.05, 4.69) is 15.3 Å². The van der Waals surface area contributed by atoms with Gasteiger partial charge in [0, 0.05) is 17.3 Å². The van der Waals surface area contributed by atoms with Crippen LogP contribution >= 0.6 is 11.6 Å². The van der Waals surface area contributed by atoms with Crippen LogP contribution in [-0.2, 0) is 27.3 Å². The Morgan fingerprint density at radius 2 is 1.71 bits per heavy atom. The molecule has 3 aromatic carbocycles. The largest absolute Gasteiger partial charge is 0.480 e. The van der Waals surface area contributed by atoms with Gasteiger partial charge in [-0.2, -0.15) is 5.90 Å². The van der Waals surface area contributed by atoms with Crippen molar-refractivity contribution in [3.63, 3.8) is 0 Å². The predicted molar refractivity (Wildman–Crippen MR) is 150 cm³/mol. The number of guanidine groups is 1. The summed E-state index contributed by atoms with van der Waals surface area (Å²) < 4.78 is 5.38. The Balaban J connectivity index is 1.64. The normalized spacial score (nSPS) is 10.9. The molecule has 0 unspecified atom stereocenters. The number of anilines is 1. The summed E-state index contributed by atoms with van der Waals surface area (Å²) in [7, 11) is 0. The Morgan fingerprint density at radius 3 is 2.34 bits per heavy atom. The maximum absolute atomic E-state index is 13.0. The molecule has 0 spiro atoms. The van der Waals surface area contributed by atoms with Crippen LogP contribution in [-0.4, -0.2) is 52.9 Å². The van der Waals surface area contributed by atoms with Crippen molar-refractivity contribution < 1.29 is 33.9 Å². The van der Waals surface area contributed by atoms with Gasteiger partial charge in [0.2, 0.25) is 11.9 Å². The molecule has 0 radical (unpaired) electrons. The van der Waals surface area contributed by atoms with E-state index in [1.54, 1.807) is 30.3 Å². The second-order valence-electron chi connectivity index (χ2n) is 8.60. The van der Waals surface area contributed by atoms with Crippen LogP contribution in [0.5, 0.6) is 5.75 Å². The summed E-state index contributed by atoms with van der Waals surface area (Å²) in [5.41, 5.74) is 7.63. The minimum Gasteiger partial charge on any atom is -0.480 e. The molecule has 0 fully saturated rings. The number of carbonyl (C=O) groups is 4. The summed E-state index contributed by atoms with van der Waals surface area (Å²) in [6, 6.07) is 17.0. The Kier molecular flexibility index (Phi) is 10.6. The summed E-state index contributed by atoms with van der Waals surface area (Å²) in [5, 5.41) is 15.5. The van der Waals surface area contributed by atoms with Crippen LogP contribution in [0.3, 0.4) is 0 Å². The van der Waals surface area contributed by atoms with Gasteiger partial charge >= 0.3 is 17.9 Å². The van der Waals surface area contributed by atoms with Crippen LogP contribution in [0, 0.1) is 0 Å². The fourth-order valence-electron chi connectivity index (χ4n) is 3.69. The number of ether oxygens (including phenoxy) is 1. The number of hydrogen-bond acceptors (Lipinski definition) is 9. The van der Waals surface area contributed by atoms with Crippen molar-refractivity contribution in [1.82, 2.24) is 4.90 Å². The molecule has 0 atom stereocenters. The molecular weight excluding hydrogens is 556 g/mol. The van der Waals surface area contributed by atoms with Gasteiger partial charge in [-0.05, 0) is 66.1 Å². The molecule has 3 aromatic rings. The smallest absolute Gasteiger partial charge is 0.356 e. The third-order valence-corrected chi connectivity index (χ3v) is 6.08. The summed E-state index contributed by atoms with van der Waals surface area (Å²) in [5.74, 6) is 7.11. The number of rotatable bonds is 11. The van der Waals surface area contributed by atoms with Crippen LogP contribution in [0.1, 0.15) is 31.8 Å². The van der Waals surface area contributed by atoms with Gasteiger partial charge in [-0.25, -0.2) is 9.59 Å². The standard InChI is InChI=1S/C27H27ClN6O7/c28-22-14-21(40-25(38)17-4-7-20(8-5-17)32-27(29)33-30)9-6-18(22)13-23(35)34(15-24(36)37)11-10-16-2-1-3-19(12-16)26(39)41-31/h1-9,12,14H,10-11,13,15,30-31H2,(H,36,37)(H3,29,32,33). The first kappa shape index (κ1) is 30.4. The van der Waals surface area contributed by atoms with Crippen LogP contribution in [0.15, 0.2) is 71.8 Å². The number of carboxylic acid groups (broad SMARTS) is 1. The molecular formula is C27H27ClN6O7. The summed E-state index contributed by atoms with van der Waals surface area (Å²) in [4.78, 5) is 54.0. The third kappa shape index (κ3) is 8.95. The first-order valence-electron chi connectivity index (χ1n) is 12.0. The number of aliphatic carboxylic acids is 1. The quantitative estimate of drug-likeness (QED) is 0.0549. The van der Waals surface area contributed by atoms with Gasteiger partial charge in [0.15, 0.2) is 0 Å². The number of esters is 1. The highest BCUT2D eigenvalue weighted by Gasteiger charge is 2.19. The lowest BCUT2D eigenvalue weighted by Crippen LogP contribution is -2.38. The minimum atomic E-state index is -1.19. The van der Waals surface area contributed by atoms with Crippen molar-refractivity contribution in [2.45, 2.75) is 12.8 Å². The van der Waals surface area contributed by atoms with E-state index in [1.165, 1.54) is 41.3 Å². The maximum atomic E-state index is 13.0. The first-order chi connectivity index (χ1) is 19.6. The number of nitrogens with zero attached hydrogens (tertiary/aromatic N) is 2. The number of hydrazone groups is 1. The lowest BCUT2D eigenvalue weighted by molar-refractivity contribution is -0.144. The molecule has 3 rings (SSSR count). The second kappa shape index (κ2) is 14.3. The molecule has 1 amide bonds. The van der Waals surface area contributed by atoms with Crippen molar-refractivity contribution >= 4 is 47.1 Å². The number of carbonyl (C=O) groups excluding carboxylic acids is 3. The van der Waals surface area contributed by atoms with Crippen molar-refractivity contribution in [1.29, 1.82) is 0 Å². The Hall–Kier alpha value is -5.14. The van der Waals surface area contributed by atoms with Gasteiger partial charge in [0.25, 0.3) is 0 Å². The zero-order valence-electron chi connectivity index (χ0n) is 21.6. The molecule has 0 aliphatic carbocycles. The average Bonchev–Trinajstić information content (AvgIpc) is 2.96. The second-order valence-corrected chi connectivity index (χ2v) is 9.01. The SMILES string of the molecule is NN=C(N)Nc1ccc(C(=O)Oc2ccc(CC(=O)N(CCc3cccc(C(=O)ON)c3)CC(=O)O)c(Cl)c2)cc1. The van der Waals surface area contributed by atoms with Crippen LogP contribution in [0.4, 0.5) is 5.69 Å². The molecule has 0 aliphatic heterocycles. The summed E-state index contributed by atoms with van der Waals surface area (Å²) in [6.45, 7) is -0.462. The number of carboxylic acids is 1. The predicted octanol–water partition coefficient (Wildman–Crippen LogP) is 1.89. The monoisotopic (exact) mass is 582 g/mol. The highest BCUT2D eigenvalue weighted by Crippen LogP contribution is 2.25. The van der Waals surface area contributed by atoms with E-state index < -0.39 is 30.4 Å². The van der Waals surface area contributed by atoms with Crippen LogP contribution in [0.2, 0.25) is 5.02 Å². The van der Waals surface area contributed by atoms with Gasteiger partial charge in [-0.15, -0.1) is 5.10 Å². The summed E-state index contributed by atoms with van der Waals surface area (Å²) >= 11 is 6.36. The molecule has 214 valence electrons. The number of hydrogen-bond donors (Lipinski definition) is 5. The van der Waals surface area contributed by atoms with Crippen LogP contribution in [0.25, 0.3) is 0 Å². The highest BCUT2D eigenvalue weighted by molar-refractivity contribution is 6.31. The fourth-order valence-corrected chi connectivity index (χ4v) is 3.92. The Labute approximate surface area is 239 Å². The molecule has 0 saturated carbocycles. The zero-order valence-corrected chi connectivity index (χ0v) is 22.3. The Bertz CT molecular complexity index is 1460. The number of nitrogens with one attached hydrogen (secondary N) is 1. The maximum Gasteiger partial charge on any atom is 0.356 e. The van der Waals surface area contributed by atoms with E-state index in [9.17, 15) is 24.3 Å². The van der Waals surface area contributed by atoms with E-state index in [4.69, 9.17) is 33.8 Å². The molecule has 0 saturated heterocycles. The van der Waals surface area contributed by atoms with Gasteiger partial charge in [0.05, 0.1) is 17.5 Å². The number of halogens is 1. The molecule has 41 heavy (non-hydrogen) atoms. The van der Waals surface area contributed by atoms with Crippen molar-refractivity contribution in [2.24, 2.45) is 22.6 Å². The van der Waals surface area contributed by atoms with Gasteiger partial charge in [-0.3, -0.25) is 9.59 Å². The lowest BCUT2D eigenvalue weighted by Gasteiger charge is -2.21. The van der Waals surface area contributed by atoms with E-state index in [-0.39, 0.29) is 47.2 Å². The van der Waals surface area contributed by atoms with Crippen molar-refractivity contribution in [3.8, 4) is 5.75 Å². The van der Waals surface area contributed by atoms with E-state index in [1.807, 2.05) is 0 Å². The topological polar surface area (TPSA) is 213 Å². The van der Waals surface area contributed by atoms with E-state index in [0.717, 1.165) is 0 Å². The van der Waals surface area contributed by atoms with Crippen molar-refractivity contribution in [2.75, 3.05) is 18.4 Å². The highest BCUT2D eigenvalue weighted by atomic mass is 35.5. The number of nitrogens with two attached hydrogens (primary N) is 3. The zero-order chi connectivity index (χ0) is 29.9. The molecule has 8 N–H and O–H groups in total.